The molecule has 1 amide bonds. The number of rotatable bonds is 2. The Hall–Kier alpha value is -1.91. The third-order valence-corrected chi connectivity index (χ3v) is 2.85. The molecule has 2 rings (SSSR count). The van der Waals surface area contributed by atoms with E-state index in [4.69, 9.17) is 5.73 Å². The standard InChI is InChI=1S/C12H16N4O/c1-6(2)9-5-8(11(13)17)10-7(3)15-16(4)12(10)14-9/h5-6H,1-4H3,(H2,13,17). The third-order valence-electron chi connectivity index (χ3n) is 2.85. The van der Waals surface area contributed by atoms with Crippen molar-refractivity contribution in [3.05, 3.63) is 23.0 Å². The predicted octanol–water partition coefficient (Wildman–Crippen LogP) is 1.50. The molecule has 0 saturated heterocycles. The number of carbonyl (C=O) groups excluding carboxylic acids is 1. The van der Waals surface area contributed by atoms with Gasteiger partial charge in [0.15, 0.2) is 5.65 Å². The van der Waals surface area contributed by atoms with Crippen molar-refractivity contribution >= 4 is 16.9 Å². The van der Waals surface area contributed by atoms with Gasteiger partial charge in [-0.3, -0.25) is 9.48 Å². The van der Waals surface area contributed by atoms with Crippen LogP contribution in [0.1, 0.15) is 41.5 Å². The number of hydrogen-bond donors (Lipinski definition) is 1. The fraction of sp³-hybridized carbons (Fsp3) is 0.417. The van der Waals surface area contributed by atoms with E-state index in [1.165, 1.54) is 0 Å². The molecule has 2 aromatic heterocycles. The van der Waals surface area contributed by atoms with Crippen LogP contribution in [0.5, 0.6) is 0 Å². The van der Waals surface area contributed by atoms with Gasteiger partial charge in [-0.2, -0.15) is 5.10 Å². The molecule has 5 nitrogen and oxygen atoms in total. The van der Waals surface area contributed by atoms with Crippen molar-refractivity contribution in [2.24, 2.45) is 12.8 Å². The van der Waals surface area contributed by atoms with E-state index in [2.05, 4.69) is 10.1 Å². The first-order valence-electron chi connectivity index (χ1n) is 5.56. The Balaban J connectivity index is 2.88. The Morgan fingerprint density at radius 1 is 1.47 bits per heavy atom. The van der Waals surface area contributed by atoms with E-state index in [0.717, 1.165) is 16.8 Å². The van der Waals surface area contributed by atoms with Crippen molar-refractivity contribution < 1.29 is 4.79 Å². The first-order chi connectivity index (χ1) is 7.91. The van der Waals surface area contributed by atoms with Crippen molar-refractivity contribution in [2.45, 2.75) is 26.7 Å². The molecule has 0 radical (unpaired) electrons. The zero-order valence-corrected chi connectivity index (χ0v) is 10.5. The van der Waals surface area contributed by atoms with Gasteiger partial charge in [0, 0.05) is 12.7 Å². The van der Waals surface area contributed by atoms with Gasteiger partial charge in [-0.15, -0.1) is 0 Å². The molecular weight excluding hydrogens is 216 g/mol. The van der Waals surface area contributed by atoms with E-state index in [9.17, 15) is 4.79 Å². The van der Waals surface area contributed by atoms with Crippen molar-refractivity contribution in [2.75, 3.05) is 0 Å². The lowest BCUT2D eigenvalue weighted by Gasteiger charge is -2.07. The summed E-state index contributed by atoms with van der Waals surface area (Å²) in [6.07, 6.45) is 0. The topological polar surface area (TPSA) is 73.8 Å². The fourth-order valence-corrected chi connectivity index (χ4v) is 1.95. The second-order valence-corrected chi connectivity index (χ2v) is 4.52. The van der Waals surface area contributed by atoms with Gasteiger partial charge >= 0.3 is 0 Å². The summed E-state index contributed by atoms with van der Waals surface area (Å²) in [5.41, 5.74) is 8.27. The van der Waals surface area contributed by atoms with Crippen LogP contribution in [-0.2, 0) is 7.05 Å². The van der Waals surface area contributed by atoms with Gasteiger partial charge in [0.05, 0.1) is 16.6 Å². The number of nitrogens with two attached hydrogens (primary N) is 1. The molecule has 2 N–H and O–H groups in total. The molecule has 0 unspecified atom stereocenters. The zero-order valence-electron chi connectivity index (χ0n) is 10.5. The maximum absolute atomic E-state index is 11.5. The number of hydrogen-bond acceptors (Lipinski definition) is 3. The lowest BCUT2D eigenvalue weighted by atomic mass is 10.0. The predicted molar refractivity (Wildman–Crippen MR) is 65.9 cm³/mol. The molecule has 90 valence electrons. The number of fused-ring (bicyclic) bond motifs is 1. The average Bonchev–Trinajstić information content (AvgIpc) is 2.53. The number of nitrogens with zero attached hydrogens (tertiary/aromatic N) is 3. The Labute approximate surface area is 99.6 Å². The molecule has 0 aliphatic carbocycles. The molecule has 0 bridgehead atoms. The number of primary amides is 1. The van der Waals surface area contributed by atoms with E-state index in [0.29, 0.717) is 11.2 Å². The van der Waals surface area contributed by atoms with Crippen LogP contribution in [0.3, 0.4) is 0 Å². The van der Waals surface area contributed by atoms with Gasteiger partial charge in [-0.05, 0) is 18.9 Å². The van der Waals surface area contributed by atoms with Gasteiger partial charge in [-0.25, -0.2) is 4.98 Å². The van der Waals surface area contributed by atoms with Crippen LogP contribution in [0.4, 0.5) is 0 Å². The smallest absolute Gasteiger partial charge is 0.249 e. The van der Waals surface area contributed by atoms with E-state index in [-0.39, 0.29) is 5.92 Å². The lowest BCUT2D eigenvalue weighted by molar-refractivity contribution is 0.100. The van der Waals surface area contributed by atoms with Gasteiger partial charge < -0.3 is 5.73 Å². The van der Waals surface area contributed by atoms with Crippen molar-refractivity contribution in [1.29, 1.82) is 0 Å². The van der Waals surface area contributed by atoms with Gasteiger partial charge in [-0.1, -0.05) is 13.8 Å². The van der Waals surface area contributed by atoms with Gasteiger partial charge in [0.1, 0.15) is 0 Å². The van der Waals surface area contributed by atoms with Crippen LogP contribution in [0.25, 0.3) is 11.0 Å². The minimum atomic E-state index is -0.435. The summed E-state index contributed by atoms with van der Waals surface area (Å²) in [4.78, 5) is 16.0. The monoisotopic (exact) mass is 232 g/mol. The van der Waals surface area contributed by atoms with Crippen LogP contribution in [-0.4, -0.2) is 20.7 Å². The number of aryl methyl sites for hydroxylation is 2. The summed E-state index contributed by atoms with van der Waals surface area (Å²) < 4.78 is 1.68. The Bertz CT molecular complexity index is 598. The molecule has 0 aliphatic rings. The van der Waals surface area contributed by atoms with E-state index >= 15 is 0 Å². The first-order valence-corrected chi connectivity index (χ1v) is 5.56. The van der Waals surface area contributed by atoms with Crippen LogP contribution in [0.15, 0.2) is 6.07 Å². The molecule has 17 heavy (non-hydrogen) atoms. The van der Waals surface area contributed by atoms with Crippen molar-refractivity contribution in [1.82, 2.24) is 14.8 Å². The van der Waals surface area contributed by atoms with Crippen LogP contribution in [0.2, 0.25) is 0 Å². The summed E-state index contributed by atoms with van der Waals surface area (Å²) in [5, 5.41) is 5.03. The quantitative estimate of drug-likeness (QED) is 0.852. The largest absolute Gasteiger partial charge is 0.366 e. The molecule has 0 saturated carbocycles. The molecule has 0 spiro atoms. The summed E-state index contributed by atoms with van der Waals surface area (Å²) in [6, 6.07) is 1.77. The van der Waals surface area contributed by atoms with Crippen LogP contribution >= 0.6 is 0 Å². The van der Waals surface area contributed by atoms with Crippen molar-refractivity contribution in [3.8, 4) is 0 Å². The molecule has 0 aromatic carbocycles. The highest BCUT2D eigenvalue weighted by molar-refractivity contribution is 6.05. The third kappa shape index (κ3) is 1.77. The summed E-state index contributed by atoms with van der Waals surface area (Å²) in [7, 11) is 1.82. The first kappa shape index (κ1) is 11.6. The second-order valence-electron chi connectivity index (χ2n) is 4.52. The molecule has 0 atom stereocenters. The van der Waals surface area contributed by atoms with E-state index < -0.39 is 5.91 Å². The highest BCUT2D eigenvalue weighted by Crippen LogP contribution is 2.24. The molecule has 0 aliphatic heterocycles. The SMILES string of the molecule is Cc1nn(C)c2nc(C(C)C)cc(C(N)=O)c12. The molecule has 0 fully saturated rings. The Morgan fingerprint density at radius 2 is 2.12 bits per heavy atom. The summed E-state index contributed by atoms with van der Waals surface area (Å²) >= 11 is 0. The maximum Gasteiger partial charge on any atom is 0.249 e. The van der Waals surface area contributed by atoms with Gasteiger partial charge in [0.25, 0.3) is 0 Å². The van der Waals surface area contributed by atoms with Crippen LogP contribution in [0, 0.1) is 6.92 Å². The fourth-order valence-electron chi connectivity index (χ4n) is 1.95. The average molecular weight is 232 g/mol. The Kier molecular flexibility index (Phi) is 2.61. The molecular formula is C12H16N4O. The molecule has 5 heteroatoms. The van der Waals surface area contributed by atoms with Crippen LogP contribution < -0.4 is 5.73 Å². The van der Waals surface area contributed by atoms with E-state index in [1.54, 1.807) is 10.7 Å². The minimum Gasteiger partial charge on any atom is -0.366 e. The number of carbonyl (C=O) groups is 1. The summed E-state index contributed by atoms with van der Waals surface area (Å²) in [5.74, 6) is -0.192. The normalized spacial score (nSPS) is 11.4. The van der Waals surface area contributed by atoms with E-state index in [1.807, 2.05) is 27.8 Å². The second kappa shape index (κ2) is 3.84. The molecule has 2 aromatic rings. The maximum atomic E-state index is 11.5. The zero-order chi connectivity index (χ0) is 12.7. The summed E-state index contributed by atoms with van der Waals surface area (Å²) in [6.45, 7) is 5.91. The minimum absolute atomic E-state index is 0.243. The number of aromatic nitrogens is 3. The van der Waals surface area contributed by atoms with Crippen molar-refractivity contribution in [3.63, 3.8) is 0 Å². The Morgan fingerprint density at radius 3 is 2.65 bits per heavy atom. The highest BCUT2D eigenvalue weighted by atomic mass is 16.1. The number of amides is 1. The van der Waals surface area contributed by atoms with Gasteiger partial charge in [0.2, 0.25) is 5.91 Å². The highest BCUT2D eigenvalue weighted by Gasteiger charge is 2.17. The number of pyridine rings is 1. The lowest BCUT2D eigenvalue weighted by Crippen LogP contribution is -2.13. The molecule has 2 heterocycles.